The minimum atomic E-state index is -0.839. The molecular formula is C14H16O5. The average Bonchev–Trinajstić information content (AvgIpc) is 2.45. The molecule has 1 aromatic carbocycles. The maximum atomic E-state index is 12.0. The molecule has 1 heterocycles. The van der Waals surface area contributed by atoms with Crippen molar-refractivity contribution in [1.29, 1.82) is 0 Å². The smallest absolute Gasteiger partial charge is 0.379 e. The van der Waals surface area contributed by atoms with Gasteiger partial charge in [0.1, 0.15) is 13.2 Å². The molecule has 2 rings (SSSR count). The molecule has 102 valence electrons. The first kappa shape index (κ1) is 13.4. The van der Waals surface area contributed by atoms with Gasteiger partial charge < -0.3 is 14.2 Å². The molecule has 0 radical (unpaired) electrons. The van der Waals surface area contributed by atoms with E-state index in [2.05, 4.69) is 0 Å². The fraction of sp³-hybridized carbons (Fsp3) is 0.429. The van der Waals surface area contributed by atoms with Crippen molar-refractivity contribution in [2.24, 2.45) is 0 Å². The molecule has 1 aliphatic rings. The third-order valence-electron chi connectivity index (χ3n) is 2.87. The number of hydrogen-bond acceptors (Lipinski definition) is 5. The maximum Gasteiger partial charge on any atom is 0.379 e. The second-order valence-electron chi connectivity index (χ2n) is 4.02. The van der Waals surface area contributed by atoms with E-state index in [-0.39, 0.29) is 6.61 Å². The van der Waals surface area contributed by atoms with Gasteiger partial charge in [-0.1, -0.05) is 6.92 Å². The van der Waals surface area contributed by atoms with Crippen LogP contribution >= 0.6 is 0 Å². The van der Waals surface area contributed by atoms with E-state index in [1.54, 1.807) is 19.1 Å². The van der Waals surface area contributed by atoms with Crippen molar-refractivity contribution >= 4 is 11.8 Å². The van der Waals surface area contributed by atoms with Crippen LogP contribution < -0.4 is 9.47 Å². The van der Waals surface area contributed by atoms with Gasteiger partial charge >= 0.3 is 5.97 Å². The van der Waals surface area contributed by atoms with Gasteiger partial charge in [-0.25, -0.2) is 4.79 Å². The molecule has 5 heteroatoms. The summed E-state index contributed by atoms with van der Waals surface area (Å²) >= 11 is 0. The summed E-state index contributed by atoms with van der Waals surface area (Å²) < 4.78 is 15.7. The van der Waals surface area contributed by atoms with E-state index < -0.39 is 11.8 Å². The van der Waals surface area contributed by atoms with Crippen LogP contribution in [0.25, 0.3) is 0 Å². The third-order valence-corrected chi connectivity index (χ3v) is 2.87. The van der Waals surface area contributed by atoms with Gasteiger partial charge in [-0.05, 0) is 25.5 Å². The summed E-state index contributed by atoms with van der Waals surface area (Å²) in [6.45, 7) is 4.67. The van der Waals surface area contributed by atoms with Crippen LogP contribution in [0, 0.1) is 0 Å². The number of esters is 1. The van der Waals surface area contributed by atoms with Crippen molar-refractivity contribution in [3.05, 3.63) is 23.3 Å². The van der Waals surface area contributed by atoms with Crippen molar-refractivity contribution in [1.82, 2.24) is 0 Å². The maximum absolute atomic E-state index is 12.0. The number of carbonyl (C=O) groups excluding carboxylic acids is 2. The Hall–Kier alpha value is -2.04. The Labute approximate surface area is 111 Å². The van der Waals surface area contributed by atoms with E-state index >= 15 is 0 Å². The van der Waals surface area contributed by atoms with E-state index in [1.807, 2.05) is 6.92 Å². The molecule has 0 bridgehead atoms. The minimum Gasteiger partial charge on any atom is -0.486 e. The van der Waals surface area contributed by atoms with Crippen molar-refractivity contribution in [2.45, 2.75) is 20.3 Å². The highest BCUT2D eigenvalue weighted by molar-refractivity contribution is 6.41. The molecule has 0 atom stereocenters. The lowest BCUT2D eigenvalue weighted by Crippen LogP contribution is -2.22. The van der Waals surface area contributed by atoms with Crippen molar-refractivity contribution < 1.29 is 23.8 Å². The summed E-state index contributed by atoms with van der Waals surface area (Å²) in [7, 11) is 0. The van der Waals surface area contributed by atoms with Gasteiger partial charge in [-0.3, -0.25) is 4.79 Å². The predicted molar refractivity (Wildman–Crippen MR) is 67.8 cm³/mol. The summed E-state index contributed by atoms with van der Waals surface area (Å²) in [5.74, 6) is -0.308. The van der Waals surface area contributed by atoms with E-state index in [9.17, 15) is 9.59 Å². The second kappa shape index (κ2) is 5.73. The molecule has 1 aromatic rings. The fourth-order valence-corrected chi connectivity index (χ4v) is 2.04. The Morgan fingerprint density at radius 2 is 1.95 bits per heavy atom. The standard InChI is InChI=1S/C14H16O5/c1-3-9-10(12(15)14(16)17-4-2)5-6-11-13(9)19-8-7-18-11/h5-6H,3-4,7-8H2,1-2H3. The lowest BCUT2D eigenvalue weighted by Gasteiger charge is -2.22. The summed E-state index contributed by atoms with van der Waals surface area (Å²) in [5, 5.41) is 0. The number of benzene rings is 1. The molecular weight excluding hydrogens is 248 g/mol. The average molecular weight is 264 g/mol. The Morgan fingerprint density at radius 1 is 1.21 bits per heavy atom. The fourth-order valence-electron chi connectivity index (χ4n) is 2.04. The summed E-state index contributed by atoms with van der Waals surface area (Å²) in [6.07, 6.45) is 0.576. The van der Waals surface area contributed by atoms with E-state index in [0.29, 0.717) is 42.3 Å². The number of rotatable bonds is 4. The molecule has 0 spiro atoms. The zero-order valence-corrected chi connectivity index (χ0v) is 11.0. The SMILES string of the molecule is CCOC(=O)C(=O)c1ccc2c(c1CC)OCCO2. The third kappa shape index (κ3) is 2.54. The van der Waals surface area contributed by atoms with Gasteiger partial charge in [-0.15, -0.1) is 0 Å². The molecule has 0 saturated carbocycles. The van der Waals surface area contributed by atoms with Crippen LogP contribution in [0.1, 0.15) is 29.8 Å². The monoisotopic (exact) mass is 264 g/mol. The van der Waals surface area contributed by atoms with Crippen LogP contribution in [0.2, 0.25) is 0 Å². The lowest BCUT2D eigenvalue weighted by atomic mass is 9.99. The van der Waals surface area contributed by atoms with Crippen LogP contribution in [-0.2, 0) is 16.0 Å². The number of ether oxygens (including phenoxy) is 3. The molecule has 0 amide bonds. The highest BCUT2D eigenvalue weighted by atomic mass is 16.6. The van der Waals surface area contributed by atoms with Crippen LogP contribution in [0.15, 0.2) is 12.1 Å². The van der Waals surface area contributed by atoms with Gasteiger partial charge in [-0.2, -0.15) is 0 Å². The molecule has 0 unspecified atom stereocenters. The Kier molecular flexibility index (Phi) is 4.04. The zero-order chi connectivity index (χ0) is 13.8. The van der Waals surface area contributed by atoms with Gasteiger partial charge in [0.25, 0.3) is 5.78 Å². The Balaban J connectivity index is 2.41. The van der Waals surface area contributed by atoms with Crippen LogP contribution in [0.3, 0.4) is 0 Å². The van der Waals surface area contributed by atoms with Crippen LogP contribution in [-0.4, -0.2) is 31.6 Å². The number of carbonyl (C=O) groups is 2. The molecule has 0 saturated heterocycles. The number of hydrogen-bond donors (Lipinski definition) is 0. The molecule has 0 N–H and O–H groups in total. The van der Waals surface area contributed by atoms with Crippen molar-refractivity contribution in [3.8, 4) is 11.5 Å². The first-order valence-corrected chi connectivity index (χ1v) is 6.32. The van der Waals surface area contributed by atoms with E-state index in [0.717, 1.165) is 0 Å². The highest BCUT2D eigenvalue weighted by Crippen LogP contribution is 2.36. The number of fused-ring (bicyclic) bond motifs is 1. The molecule has 0 aromatic heterocycles. The molecule has 5 nitrogen and oxygen atoms in total. The van der Waals surface area contributed by atoms with Gasteiger partial charge in [0.15, 0.2) is 11.5 Å². The van der Waals surface area contributed by atoms with E-state index in [1.165, 1.54) is 0 Å². The summed E-state index contributed by atoms with van der Waals surface area (Å²) in [6, 6.07) is 3.24. The first-order valence-electron chi connectivity index (χ1n) is 6.32. The zero-order valence-electron chi connectivity index (χ0n) is 11.0. The summed E-state index contributed by atoms with van der Waals surface area (Å²) in [5.41, 5.74) is 1.01. The largest absolute Gasteiger partial charge is 0.486 e. The Bertz CT molecular complexity index is 507. The van der Waals surface area contributed by atoms with Crippen LogP contribution in [0.4, 0.5) is 0 Å². The van der Waals surface area contributed by atoms with E-state index in [4.69, 9.17) is 14.2 Å². The first-order chi connectivity index (χ1) is 9.19. The quantitative estimate of drug-likeness (QED) is 0.471. The predicted octanol–water partition coefficient (Wildman–Crippen LogP) is 1.77. The van der Waals surface area contributed by atoms with Gasteiger partial charge in [0.05, 0.1) is 6.61 Å². The lowest BCUT2D eigenvalue weighted by molar-refractivity contribution is -0.137. The van der Waals surface area contributed by atoms with Gasteiger partial charge in [0.2, 0.25) is 0 Å². The topological polar surface area (TPSA) is 61.8 Å². The normalized spacial score (nSPS) is 12.9. The van der Waals surface area contributed by atoms with Crippen molar-refractivity contribution in [2.75, 3.05) is 19.8 Å². The number of ketones is 1. The molecule has 1 aliphatic heterocycles. The second-order valence-corrected chi connectivity index (χ2v) is 4.02. The molecule has 0 fully saturated rings. The molecule has 0 aliphatic carbocycles. The Morgan fingerprint density at radius 3 is 2.63 bits per heavy atom. The minimum absolute atomic E-state index is 0.177. The van der Waals surface area contributed by atoms with Crippen molar-refractivity contribution in [3.63, 3.8) is 0 Å². The molecule has 19 heavy (non-hydrogen) atoms. The summed E-state index contributed by atoms with van der Waals surface area (Å²) in [4.78, 5) is 23.6. The highest BCUT2D eigenvalue weighted by Gasteiger charge is 2.25. The van der Waals surface area contributed by atoms with Gasteiger partial charge in [0, 0.05) is 11.1 Å². The van der Waals surface area contributed by atoms with Crippen LogP contribution in [0.5, 0.6) is 11.5 Å². The number of Topliss-reactive ketones (excluding diaryl/α,β-unsaturated/α-hetero) is 1.